The summed E-state index contributed by atoms with van der Waals surface area (Å²) in [7, 11) is 3.41. The summed E-state index contributed by atoms with van der Waals surface area (Å²) in [5.41, 5.74) is 5.64. The van der Waals surface area contributed by atoms with Gasteiger partial charge in [0.05, 0.1) is 13.3 Å². The Balaban J connectivity index is 2.17. The predicted molar refractivity (Wildman–Crippen MR) is 60.7 cm³/mol. The second-order valence-corrected chi connectivity index (χ2v) is 3.30. The molecular weight excluding hydrogens is 206 g/mol. The molecule has 1 aromatic carbocycles. The largest absolute Gasteiger partial charge is 0.497 e. The highest BCUT2D eigenvalue weighted by atomic mass is 16.5. The van der Waals surface area contributed by atoms with Gasteiger partial charge in [-0.2, -0.15) is 0 Å². The summed E-state index contributed by atoms with van der Waals surface area (Å²) in [5, 5.41) is 0. The molecule has 0 unspecified atom stereocenters. The number of aromatic nitrogens is 2. The number of benzene rings is 1. The smallest absolute Gasteiger partial charge is 0.303 e. The van der Waals surface area contributed by atoms with E-state index in [9.17, 15) is 0 Å². The zero-order chi connectivity index (χ0) is 11.5. The molecule has 2 rings (SSSR count). The molecule has 2 aromatic rings. The summed E-state index contributed by atoms with van der Waals surface area (Å²) in [6.07, 6.45) is 1.55. The third-order valence-corrected chi connectivity index (χ3v) is 2.25. The Kier molecular flexibility index (Phi) is 2.68. The lowest BCUT2D eigenvalue weighted by Crippen LogP contribution is -1.98. The number of imidazole rings is 1. The van der Waals surface area contributed by atoms with Crippen LogP contribution in [0.5, 0.6) is 17.5 Å². The molecule has 0 aliphatic rings. The lowest BCUT2D eigenvalue weighted by Gasteiger charge is -2.06. The van der Waals surface area contributed by atoms with Crippen LogP contribution in [-0.4, -0.2) is 16.7 Å². The van der Waals surface area contributed by atoms with Crippen LogP contribution < -0.4 is 15.2 Å². The fourth-order valence-corrected chi connectivity index (χ4v) is 1.25. The predicted octanol–water partition coefficient (Wildman–Crippen LogP) is 1.80. The number of ether oxygens (including phenoxy) is 2. The molecular formula is C11H13N3O2. The van der Waals surface area contributed by atoms with Crippen molar-refractivity contribution in [2.24, 2.45) is 7.05 Å². The number of nitrogens with zero attached hydrogens (tertiary/aromatic N) is 2. The molecule has 84 valence electrons. The van der Waals surface area contributed by atoms with E-state index in [1.807, 2.05) is 24.3 Å². The van der Waals surface area contributed by atoms with Crippen LogP contribution in [0.25, 0.3) is 0 Å². The van der Waals surface area contributed by atoms with Crippen molar-refractivity contribution >= 4 is 5.82 Å². The van der Waals surface area contributed by atoms with Crippen LogP contribution >= 0.6 is 0 Å². The number of rotatable bonds is 3. The molecule has 2 N–H and O–H groups in total. The Morgan fingerprint density at radius 2 is 1.81 bits per heavy atom. The summed E-state index contributed by atoms with van der Waals surface area (Å²) in [6, 6.07) is 7.72. The van der Waals surface area contributed by atoms with E-state index in [1.165, 1.54) is 0 Å². The minimum atomic E-state index is 0.461. The summed E-state index contributed by atoms with van der Waals surface area (Å²) >= 11 is 0. The maximum Gasteiger partial charge on any atom is 0.303 e. The average Bonchev–Trinajstić information content (AvgIpc) is 2.62. The van der Waals surface area contributed by atoms with E-state index < -0.39 is 0 Å². The lowest BCUT2D eigenvalue weighted by molar-refractivity contribution is 0.408. The molecule has 16 heavy (non-hydrogen) atoms. The van der Waals surface area contributed by atoms with Gasteiger partial charge in [-0.3, -0.25) is 4.57 Å². The van der Waals surface area contributed by atoms with E-state index >= 15 is 0 Å². The Hall–Kier alpha value is -2.17. The van der Waals surface area contributed by atoms with Crippen molar-refractivity contribution in [2.45, 2.75) is 0 Å². The first-order chi connectivity index (χ1) is 7.70. The molecule has 0 aliphatic heterocycles. The van der Waals surface area contributed by atoms with Crippen LogP contribution in [0.15, 0.2) is 30.5 Å². The van der Waals surface area contributed by atoms with Gasteiger partial charge in [0, 0.05) is 7.05 Å². The normalized spacial score (nSPS) is 10.1. The third-order valence-electron chi connectivity index (χ3n) is 2.25. The van der Waals surface area contributed by atoms with Gasteiger partial charge in [-0.15, -0.1) is 0 Å². The lowest BCUT2D eigenvalue weighted by atomic mass is 10.3. The number of hydrogen-bond acceptors (Lipinski definition) is 4. The molecule has 0 saturated heterocycles. The molecule has 1 aromatic heterocycles. The Labute approximate surface area is 93.4 Å². The quantitative estimate of drug-likeness (QED) is 0.855. The molecule has 0 radical (unpaired) electrons. The van der Waals surface area contributed by atoms with E-state index in [2.05, 4.69) is 4.98 Å². The van der Waals surface area contributed by atoms with Gasteiger partial charge in [-0.25, -0.2) is 4.98 Å². The number of hydrogen-bond donors (Lipinski definition) is 1. The summed E-state index contributed by atoms with van der Waals surface area (Å²) < 4.78 is 12.3. The van der Waals surface area contributed by atoms with Crippen molar-refractivity contribution in [3.63, 3.8) is 0 Å². The second-order valence-electron chi connectivity index (χ2n) is 3.30. The van der Waals surface area contributed by atoms with Crippen molar-refractivity contribution in [1.82, 2.24) is 9.55 Å². The average molecular weight is 219 g/mol. The van der Waals surface area contributed by atoms with Crippen molar-refractivity contribution in [3.8, 4) is 17.5 Å². The third kappa shape index (κ3) is 1.93. The van der Waals surface area contributed by atoms with E-state index in [4.69, 9.17) is 15.2 Å². The number of nitrogen functional groups attached to an aromatic ring is 1. The molecule has 0 spiro atoms. The van der Waals surface area contributed by atoms with Gasteiger partial charge in [0.1, 0.15) is 17.3 Å². The first-order valence-electron chi connectivity index (χ1n) is 4.80. The van der Waals surface area contributed by atoms with E-state index in [1.54, 1.807) is 24.9 Å². The highest BCUT2D eigenvalue weighted by Crippen LogP contribution is 2.23. The van der Waals surface area contributed by atoms with Gasteiger partial charge in [0.25, 0.3) is 0 Å². The molecule has 0 aliphatic carbocycles. The fourth-order valence-electron chi connectivity index (χ4n) is 1.25. The first kappa shape index (κ1) is 10.4. The maximum absolute atomic E-state index is 5.64. The van der Waals surface area contributed by atoms with Gasteiger partial charge >= 0.3 is 6.01 Å². The molecule has 5 heteroatoms. The molecule has 0 amide bonds. The monoisotopic (exact) mass is 219 g/mol. The van der Waals surface area contributed by atoms with Crippen LogP contribution in [0.4, 0.5) is 5.82 Å². The van der Waals surface area contributed by atoms with Crippen molar-refractivity contribution in [1.29, 1.82) is 0 Å². The molecule has 0 saturated carbocycles. The van der Waals surface area contributed by atoms with Crippen LogP contribution in [0.1, 0.15) is 0 Å². The van der Waals surface area contributed by atoms with Gasteiger partial charge in [-0.05, 0) is 24.3 Å². The minimum Gasteiger partial charge on any atom is -0.497 e. The first-order valence-corrected chi connectivity index (χ1v) is 4.80. The Morgan fingerprint density at radius 1 is 1.19 bits per heavy atom. The number of nitrogens with two attached hydrogens (primary N) is 1. The SMILES string of the molecule is COc1ccc(Oc2ncc(N)n2C)cc1. The van der Waals surface area contributed by atoms with E-state index in [-0.39, 0.29) is 0 Å². The van der Waals surface area contributed by atoms with Crippen molar-refractivity contribution in [2.75, 3.05) is 12.8 Å². The van der Waals surface area contributed by atoms with Crippen LogP contribution in [0.3, 0.4) is 0 Å². The van der Waals surface area contributed by atoms with Crippen LogP contribution in [0.2, 0.25) is 0 Å². The number of methoxy groups -OCH3 is 1. The fraction of sp³-hybridized carbons (Fsp3) is 0.182. The topological polar surface area (TPSA) is 62.3 Å². The van der Waals surface area contributed by atoms with E-state index in [0.29, 0.717) is 17.6 Å². The van der Waals surface area contributed by atoms with Gasteiger partial charge in [0.15, 0.2) is 0 Å². The highest BCUT2D eigenvalue weighted by molar-refractivity contribution is 5.35. The zero-order valence-corrected chi connectivity index (χ0v) is 9.18. The standard InChI is InChI=1S/C11H13N3O2/c1-14-10(12)7-13-11(14)16-9-5-3-8(15-2)4-6-9/h3-7H,12H2,1-2H3. The Morgan fingerprint density at radius 3 is 2.31 bits per heavy atom. The van der Waals surface area contributed by atoms with E-state index in [0.717, 1.165) is 5.75 Å². The van der Waals surface area contributed by atoms with Gasteiger partial charge < -0.3 is 15.2 Å². The van der Waals surface area contributed by atoms with Crippen molar-refractivity contribution < 1.29 is 9.47 Å². The highest BCUT2D eigenvalue weighted by Gasteiger charge is 2.05. The van der Waals surface area contributed by atoms with Gasteiger partial charge in [-0.1, -0.05) is 0 Å². The van der Waals surface area contributed by atoms with Crippen LogP contribution in [0, 0.1) is 0 Å². The van der Waals surface area contributed by atoms with Crippen LogP contribution in [-0.2, 0) is 7.05 Å². The molecule has 0 atom stereocenters. The second kappa shape index (κ2) is 4.14. The number of anilines is 1. The molecule has 0 bridgehead atoms. The van der Waals surface area contributed by atoms with Gasteiger partial charge in [0.2, 0.25) is 0 Å². The molecule has 5 nitrogen and oxygen atoms in total. The summed E-state index contributed by atoms with van der Waals surface area (Å²) in [4.78, 5) is 4.04. The maximum atomic E-state index is 5.64. The molecule has 0 fully saturated rings. The minimum absolute atomic E-state index is 0.461. The summed E-state index contributed by atoms with van der Waals surface area (Å²) in [6.45, 7) is 0. The van der Waals surface area contributed by atoms with Crippen molar-refractivity contribution in [3.05, 3.63) is 30.5 Å². The molecule has 1 heterocycles. The zero-order valence-electron chi connectivity index (χ0n) is 9.18. The summed E-state index contributed by atoms with van der Waals surface area (Å²) in [5.74, 6) is 2.03. The Bertz CT molecular complexity index is 476.